The normalized spacial score (nSPS) is 11.5. The predicted molar refractivity (Wildman–Crippen MR) is 132 cm³/mol. The predicted octanol–water partition coefficient (Wildman–Crippen LogP) is 3.35. The molecule has 0 heterocycles. The largest absolute Gasteiger partial charge is 0.495 e. The highest BCUT2D eigenvalue weighted by Crippen LogP contribution is 2.31. The molecule has 3 aromatic rings. The lowest BCUT2D eigenvalue weighted by molar-refractivity contribution is -0.114. The second-order valence-corrected chi connectivity index (χ2v) is 11.2. The maximum atomic E-state index is 13.0. The van der Waals surface area contributed by atoms with Gasteiger partial charge in [-0.2, -0.15) is 0 Å². The number of carbonyl (C=O) groups excluding carboxylic acids is 1. The monoisotopic (exact) mass is 521 g/mol. The summed E-state index contributed by atoms with van der Waals surface area (Å²) in [5.74, 6) is -0.848. The van der Waals surface area contributed by atoms with Gasteiger partial charge in [0.2, 0.25) is 15.9 Å². The molecule has 1 amide bonds. The molecule has 0 aliphatic carbocycles. The van der Waals surface area contributed by atoms with Gasteiger partial charge >= 0.3 is 0 Å². The maximum Gasteiger partial charge on any atom is 0.261 e. The van der Waals surface area contributed by atoms with E-state index in [1.807, 2.05) is 0 Å². The van der Waals surface area contributed by atoms with Crippen molar-refractivity contribution in [2.24, 2.45) is 0 Å². The first kappa shape index (κ1) is 26.0. The zero-order chi connectivity index (χ0) is 25.8. The average Bonchev–Trinajstić information content (AvgIpc) is 2.78. The van der Waals surface area contributed by atoms with Gasteiger partial charge in [-0.25, -0.2) is 21.2 Å². The Kier molecular flexibility index (Phi) is 7.66. The molecule has 0 aliphatic rings. The molecular weight excluding hydrogens is 497 g/mol. The molecule has 186 valence electrons. The molecule has 0 spiro atoms. The Bertz CT molecular complexity index is 1430. The Hall–Kier alpha value is -3.64. The maximum absolute atomic E-state index is 13.0. The zero-order valence-electron chi connectivity index (χ0n) is 19.1. The molecule has 0 aromatic heterocycles. The van der Waals surface area contributed by atoms with E-state index in [0.29, 0.717) is 0 Å². The summed E-state index contributed by atoms with van der Waals surface area (Å²) in [6, 6.07) is 15.1. The third kappa shape index (κ3) is 6.70. The molecule has 0 saturated heterocycles. The molecule has 0 aliphatic heterocycles. The van der Waals surface area contributed by atoms with Crippen LogP contribution in [0.15, 0.2) is 71.6 Å². The third-order valence-corrected chi connectivity index (χ3v) is 7.36. The Morgan fingerprint density at radius 1 is 0.943 bits per heavy atom. The number of sulfonamides is 2. The topological polar surface area (TPSA) is 122 Å². The van der Waals surface area contributed by atoms with Crippen molar-refractivity contribution in [3.63, 3.8) is 0 Å². The lowest BCUT2D eigenvalue weighted by Gasteiger charge is -2.24. The SMILES string of the molecule is COc1ccc(C)cc1N(CC(=O)Nc1ccc(S(=O)(=O)Nc2ccc(F)cc2)cc1)S(C)(=O)=O. The number of halogens is 1. The van der Waals surface area contributed by atoms with Crippen LogP contribution in [-0.2, 0) is 24.8 Å². The van der Waals surface area contributed by atoms with E-state index in [0.717, 1.165) is 28.3 Å². The van der Waals surface area contributed by atoms with Gasteiger partial charge in [0.15, 0.2) is 0 Å². The van der Waals surface area contributed by atoms with Gasteiger partial charge in [-0.3, -0.25) is 13.8 Å². The number of amides is 1. The van der Waals surface area contributed by atoms with Crippen LogP contribution in [0.5, 0.6) is 5.75 Å². The van der Waals surface area contributed by atoms with E-state index >= 15 is 0 Å². The highest BCUT2D eigenvalue weighted by atomic mass is 32.2. The molecule has 0 saturated carbocycles. The fraction of sp³-hybridized carbons (Fsp3) is 0.174. The average molecular weight is 522 g/mol. The molecule has 0 atom stereocenters. The van der Waals surface area contributed by atoms with Crippen LogP contribution in [0.25, 0.3) is 0 Å². The van der Waals surface area contributed by atoms with E-state index in [-0.39, 0.29) is 27.7 Å². The summed E-state index contributed by atoms with van der Waals surface area (Å²) in [6.45, 7) is 1.26. The van der Waals surface area contributed by atoms with Crippen LogP contribution in [0.3, 0.4) is 0 Å². The zero-order valence-corrected chi connectivity index (χ0v) is 20.8. The van der Waals surface area contributed by atoms with Gasteiger partial charge in [0.25, 0.3) is 10.0 Å². The van der Waals surface area contributed by atoms with Gasteiger partial charge in [-0.1, -0.05) is 6.07 Å². The number of aryl methyl sites for hydroxylation is 1. The van der Waals surface area contributed by atoms with E-state index in [4.69, 9.17) is 4.74 Å². The molecule has 0 radical (unpaired) electrons. The van der Waals surface area contributed by atoms with Crippen molar-refractivity contribution >= 4 is 43.0 Å². The first-order valence-corrected chi connectivity index (χ1v) is 13.5. The molecule has 12 heteroatoms. The summed E-state index contributed by atoms with van der Waals surface area (Å²) in [4.78, 5) is 12.6. The second-order valence-electron chi connectivity index (χ2n) is 7.63. The summed E-state index contributed by atoms with van der Waals surface area (Å²) in [6.07, 6.45) is 0.982. The first-order valence-electron chi connectivity index (χ1n) is 10.2. The Morgan fingerprint density at radius 2 is 1.54 bits per heavy atom. The smallest absolute Gasteiger partial charge is 0.261 e. The number of hydrogen-bond acceptors (Lipinski definition) is 6. The minimum absolute atomic E-state index is 0.0814. The minimum atomic E-state index is -3.94. The van der Waals surface area contributed by atoms with Crippen LogP contribution in [-0.4, -0.2) is 42.7 Å². The quantitative estimate of drug-likeness (QED) is 0.445. The van der Waals surface area contributed by atoms with E-state index in [1.54, 1.807) is 25.1 Å². The number of hydrogen-bond donors (Lipinski definition) is 2. The fourth-order valence-corrected chi connectivity index (χ4v) is 5.07. The van der Waals surface area contributed by atoms with Crippen molar-refractivity contribution in [2.75, 3.05) is 34.3 Å². The molecule has 3 aromatic carbocycles. The molecular formula is C23H24FN3O6S2. The number of benzene rings is 3. The van der Waals surface area contributed by atoms with Crippen molar-refractivity contribution in [2.45, 2.75) is 11.8 Å². The lowest BCUT2D eigenvalue weighted by atomic mass is 10.2. The number of carbonyl (C=O) groups is 1. The number of nitrogens with one attached hydrogen (secondary N) is 2. The van der Waals surface area contributed by atoms with Gasteiger partial charge in [-0.15, -0.1) is 0 Å². The highest BCUT2D eigenvalue weighted by Gasteiger charge is 2.24. The van der Waals surface area contributed by atoms with Crippen LogP contribution in [0.1, 0.15) is 5.56 Å². The number of nitrogens with zero attached hydrogens (tertiary/aromatic N) is 1. The fourth-order valence-electron chi connectivity index (χ4n) is 3.16. The second kappa shape index (κ2) is 10.3. The summed E-state index contributed by atoms with van der Waals surface area (Å²) in [5.41, 5.74) is 1.45. The number of ether oxygens (including phenoxy) is 1. The van der Waals surface area contributed by atoms with E-state index in [1.165, 1.54) is 43.5 Å². The first-order chi connectivity index (χ1) is 16.4. The molecule has 9 nitrogen and oxygen atoms in total. The van der Waals surface area contributed by atoms with Crippen LogP contribution in [0, 0.1) is 12.7 Å². The van der Waals surface area contributed by atoms with Crippen LogP contribution >= 0.6 is 0 Å². The van der Waals surface area contributed by atoms with Crippen molar-refractivity contribution in [3.8, 4) is 5.75 Å². The van der Waals surface area contributed by atoms with Gasteiger partial charge in [0.1, 0.15) is 18.1 Å². The van der Waals surface area contributed by atoms with E-state index in [9.17, 15) is 26.0 Å². The van der Waals surface area contributed by atoms with Gasteiger partial charge < -0.3 is 10.1 Å². The Balaban J connectivity index is 1.75. The van der Waals surface area contributed by atoms with Gasteiger partial charge in [-0.05, 0) is 73.2 Å². The molecule has 0 fully saturated rings. The van der Waals surface area contributed by atoms with Crippen LogP contribution < -0.4 is 19.1 Å². The van der Waals surface area contributed by atoms with Crippen molar-refractivity contribution in [3.05, 3.63) is 78.1 Å². The molecule has 0 unspecified atom stereocenters. The summed E-state index contributed by atoms with van der Waals surface area (Å²) in [7, 11) is -6.38. The number of rotatable bonds is 9. The van der Waals surface area contributed by atoms with E-state index in [2.05, 4.69) is 10.0 Å². The number of methoxy groups -OCH3 is 1. The Labute approximate surface area is 203 Å². The third-order valence-electron chi connectivity index (χ3n) is 4.84. The summed E-state index contributed by atoms with van der Waals surface area (Å²) in [5, 5.41) is 2.56. The molecule has 35 heavy (non-hydrogen) atoms. The minimum Gasteiger partial charge on any atom is -0.495 e. The van der Waals surface area contributed by atoms with Crippen LogP contribution in [0.4, 0.5) is 21.5 Å². The van der Waals surface area contributed by atoms with Crippen LogP contribution in [0.2, 0.25) is 0 Å². The summed E-state index contributed by atoms with van der Waals surface area (Å²) < 4.78 is 71.5. The molecule has 2 N–H and O–H groups in total. The van der Waals surface area contributed by atoms with Crippen molar-refractivity contribution in [1.82, 2.24) is 0 Å². The van der Waals surface area contributed by atoms with E-state index < -0.39 is 38.3 Å². The highest BCUT2D eigenvalue weighted by molar-refractivity contribution is 7.92. The van der Waals surface area contributed by atoms with Crippen molar-refractivity contribution in [1.29, 1.82) is 0 Å². The van der Waals surface area contributed by atoms with Gasteiger partial charge in [0.05, 0.1) is 23.9 Å². The summed E-state index contributed by atoms with van der Waals surface area (Å²) >= 11 is 0. The molecule has 0 bridgehead atoms. The Morgan fingerprint density at radius 3 is 2.11 bits per heavy atom. The number of anilines is 3. The van der Waals surface area contributed by atoms with Crippen molar-refractivity contribution < 1.29 is 30.8 Å². The standard InChI is InChI=1S/C23H24FN3O6S2/c1-16-4-13-22(33-2)21(14-16)27(34(3,29)30)15-23(28)25-18-9-11-20(12-10-18)35(31,32)26-19-7-5-17(24)6-8-19/h4-14,26H,15H2,1-3H3,(H,25,28). The lowest BCUT2D eigenvalue weighted by Crippen LogP contribution is -2.37. The van der Waals surface area contributed by atoms with Gasteiger partial charge in [0, 0.05) is 11.4 Å². The molecule has 3 rings (SSSR count).